The predicted molar refractivity (Wildman–Crippen MR) is 80.5 cm³/mol. The van der Waals surface area contributed by atoms with Crippen LogP contribution in [0.3, 0.4) is 0 Å². The van der Waals surface area contributed by atoms with Gasteiger partial charge in [0.15, 0.2) is 0 Å². The molecule has 0 bridgehead atoms. The molecule has 0 heterocycles. The van der Waals surface area contributed by atoms with Crippen molar-refractivity contribution in [3.8, 4) is 0 Å². The second-order valence-electron chi connectivity index (χ2n) is 4.56. The van der Waals surface area contributed by atoms with Crippen molar-refractivity contribution in [3.63, 3.8) is 0 Å². The van der Waals surface area contributed by atoms with Crippen molar-refractivity contribution in [2.45, 2.75) is 38.5 Å². The highest BCUT2D eigenvalue weighted by atomic mass is 35.5. The standard InChI is InChI=1S/C14H22ClNOS/c1-3-9-16-12(2)8-10-18(17)11-13-4-6-14(15)7-5-13/h4-7,12,16H,3,8-11H2,1-2H3. The van der Waals surface area contributed by atoms with Crippen LogP contribution in [0.5, 0.6) is 0 Å². The van der Waals surface area contributed by atoms with Crippen LogP contribution in [-0.2, 0) is 16.6 Å². The molecule has 0 aliphatic heterocycles. The largest absolute Gasteiger partial charge is 0.314 e. The predicted octanol–water partition coefficient (Wildman–Crippen LogP) is 3.37. The minimum atomic E-state index is -0.787. The molecule has 0 radical (unpaired) electrons. The molecule has 0 aliphatic carbocycles. The van der Waals surface area contributed by atoms with Gasteiger partial charge in [-0.2, -0.15) is 0 Å². The Hall–Kier alpha value is -0.380. The molecule has 0 amide bonds. The molecule has 1 aromatic rings. The van der Waals surface area contributed by atoms with E-state index in [1.54, 1.807) is 0 Å². The van der Waals surface area contributed by atoms with Gasteiger partial charge in [0.05, 0.1) is 0 Å². The van der Waals surface area contributed by atoms with E-state index in [4.69, 9.17) is 11.6 Å². The average Bonchev–Trinajstić information content (AvgIpc) is 2.36. The number of benzene rings is 1. The van der Waals surface area contributed by atoms with E-state index in [2.05, 4.69) is 19.2 Å². The summed E-state index contributed by atoms with van der Waals surface area (Å²) < 4.78 is 11.9. The second-order valence-corrected chi connectivity index (χ2v) is 6.57. The Morgan fingerprint density at radius 2 is 2.00 bits per heavy atom. The van der Waals surface area contributed by atoms with Crippen molar-refractivity contribution in [3.05, 3.63) is 34.9 Å². The highest BCUT2D eigenvalue weighted by Crippen LogP contribution is 2.11. The van der Waals surface area contributed by atoms with Crippen molar-refractivity contribution in [2.24, 2.45) is 0 Å². The fourth-order valence-electron chi connectivity index (χ4n) is 1.64. The van der Waals surface area contributed by atoms with Gasteiger partial charge in [-0.1, -0.05) is 30.7 Å². The molecule has 0 aliphatic rings. The van der Waals surface area contributed by atoms with E-state index < -0.39 is 10.8 Å². The molecule has 0 saturated carbocycles. The number of rotatable bonds is 8. The fourth-order valence-corrected chi connectivity index (χ4v) is 3.09. The Bertz CT molecular complexity index is 367. The Balaban J connectivity index is 2.27. The van der Waals surface area contributed by atoms with E-state index in [0.29, 0.717) is 11.8 Å². The topological polar surface area (TPSA) is 29.1 Å². The highest BCUT2D eigenvalue weighted by molar-refractivity contribution is 7.84. The van der Waals surface area contributed by atoms with Gasteiger partial charge in [-0.05, 0) is 44.0 Å². The van der Waals surface area contributed by atoms with E-state index in [9.17, 15) is 4.21 Å². The molecule has 2 atom stereocenters. The fraction of sp³-hybridized carbons (Fsp3) is 0.571. The van der Waals surface area contributed by atoms with E-state index in [1.807, 2.05) is 24.3 Å². The first kappa shape index (κ1) is 15.7. The van der Waals surface area contributed by atoms with Crippen LogP contribution in [0.25, 0.3) is 0 Å². The Kier molecular flexibility index (Phi) is 7.56. The maximum Gasteiger partial charge on any atom is 0.0485 e. The normalized spacial score (nSPS) is 14.4. The molecular formula is C14H22ClNOS. The molecule has 0 spiro atoms. The summed E-state index contributed by atoms with van der Waals surface area (Å²) in [6.45, 7) is 5.33. The molecule has 2 nitrogen and oxygen atoms in total. The lowest BCUT2D eigenvalue weighted by Crippen LogP contribution is -2.28. The van der Waals surface area contributed by atoms with Crippen molar-refractivity contribution in [1.29, 1.82) is 0 Å². The number of hydrogen-bond donors (Lipinski definition) is 1. The second kappa shape index (κ2) is 8.68. The van der Waals surface area contributed by atoms with Gasteiger partial charge in [0.25, 0.3) is 0 Å². The molecule has 1 aromatic carbocycles. The lowest BCUT2D eigenvalue weighted by Gasteiger charge is -2.12. The third kappa shape index (κ3) is 6.53. The maximum absolute atomic E-state index is 11.9. The summed E-state index contributed by atoms with van der Waals surface area (Å²) in [7, 11) is -0.787. The van der Waals surface area contributed by atoms with Gasteiger partial charge in [0.1, 0.15) is 0 Å². The zero-order chi connectivity index (χ0) is 13.4. The molecule has 102 valence electrons. The molecule has 2 unspecified atom stereocenters. The summed E-state index contributed by atoms with van der Waals surface area (Å²) in [5.41, 5.74) is 1.09. The molecule has 4 heteroatoms. The summed E-state index contributed by atoms with van der Waals surface area (Å²) in [5, 5.41) is 4.13. The summed E-state index contributed by atoms with van der Waals surface area (Å²) in [6.07, 6.45) is 2.10. The van der Waals surface area contributed by atoms with Gasteiger partial charge in [0.2, 0.25) is 0 Å². The van der Waals surface area contributed by atoms with Gasteiger partial charge < -0.3 is 5.32 Å². The van der Waals surface area contributed by atoms with Gasteiger partial charge >= 0.3 is 0 Å². The van der Waals surface area contributed by atoms with E-state index >= 15 is 0 Å². The molecule has 18 heavy (non-hydrogen) atoms. The summed E-state index contributed by atoms with van der Waals surface area (Å²) >= 11 is 5.82. The third-order valence-corrected chi connectivity index (χ3v) is 4.36. The maximum atomic E-state index is 11.9. The molecule has 1 N–H and O–H groups in total. The van der Waals surface area contributed by atoms with Gasteiger partial charge in [-0.3, -0.25) is 4.21 Å². The van der Waals surface area contributed by atoms with Crippen LogP contribution in [0, 0.1) is 0 Å². The molecule has 0 fully saturated rings. The van der Waals surface area contributed by atoms with Crippen molar-refractivity contribution >= 4 is 22.4 Å². The number of hydrogen-bond acceptors (Lipinski definition) is 2. The third-order valence-electron chi connectivity index (χ3n) is 2.76. The van der Waals surface area contributed by atoms with Crippen LogP contribution in [0.4, 0.5) is 0 Å². The zero-order valence-corrected chi connectivity index (χ0v) is 12.7. The Morgan fingerprint density at radius 1 is 1.33 bits per heavy atom. The van der Waals surface area contributed by atoms with Gasteiger partial charge in [0, 0.05) is 33.4 Å². The molecule has 0 saturated heterocycles. The van der Waals surface area contributed by atoms with Crippen LogP contribution in [0.2, 0.25) is 5.02 Å². The first-order valence-corrected chi connectivity index (χ1v) is 8.31. The average molecular weight is 288 g/mol. The van der Waals surface area contributed by atoms with Crippen molar-refractivity contribution in [2.75, 3.05) is 12.3 Å². The molecular weight excluding hydrogens is 266 g/mol. The number of halogens is 1. The van der Waals surface area contributed by atoms with Crippen molar-refractivity contribution < 1.29 is 4.21 Å². The zero-order valence-electron chi connectivity index (χ0n) is 11.1. The summed E-state index contributed by atoms with van der Waals surface area (Å²) in [6, 6.07) is 8.02. The van der Waals surface area contributed by atoms with Gasteiger partial charge in [-0.15, -0.1) is 0 Å². The molecule has 0 aromatic heterocycles. The van der Waals surface area contributed by atoms with Crippen LogP contribution in [-0.4, -0.2) is 22.5 Å². The SMILES string of the molecule is CCCNC(C)CCS(=O)Cc1ccc(Cl)cc1. The van der Waals surface area contributed by atoms with E-state index in [-0.39, 0.29) is 0 Å². The van der Waals surface area contributed by atoms with E-state index in [1.165, 1.54) is 0 Å². The van der Waals surface area contributed by atoms with Crippen LogP contribution in [0.1, 0.15) is 32.3 Å². The molecule has 1 rings (SSSR count). The summed E-state index contributed by atoms with van der Waals surface area (Å²) in [5.74, 6) is 1.37. The van der Waals surface area contributed by atoms with Gasteiger partial charge in [-0.25, -0.2) is 0 Å². The first-order chi connectivity index (χ1) is 8.61. The Labute approximate surface area is 118 Å². The Morgan fingerprint density at radius 3 is 2.61 bits per heavy atom. The lowest BCUT2D eigenvalue weighted by molar-refractivity contribution is 0.533. The van der Waals surface area contributed by atoms with Crippen LogP contribution in [0.15, 0.2) is 24.3 Å². The van der Waals surface area contributed by atoms with Crippen LogP contribution < -0.4 is 5.32 Å². The quantitative estimate of drug-likeness (QED) is 0.794. The first-order valence-electron chi connectivity index (χ1n) is 6.44. The smallest absolute Gasteiger partial charge is 0.0485 e. The van der Waals surface area contributed by atoms with E-state index in [0.717, 1.165) is 35.7 Å². The van der Waals surface area contributed by atoms with Crippen LogP contribution >= 0.6 is 11.6 Å². The number of nitrogens with one attached hydrogen (secondary N) is 1. The highest BCUT2D eigenvalue weighted by Gasteiger charge is 2.06. The minimum Gasteiger partial charge on any atom is -0.314 e. The monoisotopic (exact) mass is 287 g/mol. The van der Waals surface area contributed by atoms with Crippen molar-refractivity contribution in [1.82, 2.24) is 5.32 Å². The summed E-state index contributed by atoms with van der Waals surface area (Å²) in [4.78, 5) is 0. The lowest BCUT2D eigenvalue weighted by atomic mass is 10.2. The minimum absolute atomic E-state index is 0.444.